The average Bonchev–Trinajstić information content (AvgIpc) is 2.81. The number of ether oxygens (including phenoxy) is 2. The van der Waals surface area contributed by atoms with E-state index in [2.05, 4.69) is 15.5 Å². The van der Waals surface area contributed by atoms with Gasteiger partial charge in [0.2, 0.25) is 0 Å². The van der Waals surface area contributed by atoms with Crippen LogP contribution in [0.5, 0.6) is 0 Å². The summed E-state index contributed by atoms with van der Waals surface area (Å²) < 4.78 is 10.6. The van der Waals surface area contributed by atoms with E-state index in [0.717, 1.165) is 55.4 Å². The van der Waals surface area contributed by atoms with Crippen LogP contribution in [0, 0.1) is 0 Å². The number of hydrogen-bond acceptors (Lipinski definition) is 6. The fourth-order valence-corrected chi connectivity index (χ4v) is 3.23. The largest absolute Gasteiger partial charge is 0.383 e. The van der Waals surface area contributed by atoms with Crippen molar-refractivity contribution in [3.05, 3.63) is 10.0 Å². The molecule has 0 saturated heterocycles. The third-order valence-corrected chi connectivity index (χ3v) is 4.66. The highest BCUT2D eigenvalue weighted by Gasteiger charge is 2.38. The molecule has 2 rings (SSSR count). The predicted octanol–water partition coefficient (Wildman–Crippen LogP) is 1.43. The van der Waals surface area contributed by atoms with Crippen molar-refractivity contribution in [2.45, 2.75) is 37.7 Å². The molecule has 0 spiro atoms. The van der Waals surface area contributed by atoms with Crippen molar-refractivity contribution >= 4 is 11.3 Å². The Morgan fingerprint density at radius 1 is 1.21 bits per heavy atom. The van der Waals surface area contributed by atoms with Crippen LogP contribution >= 0.6 is 11.3 Å². The maximum absolute atomic E-state index is 5.63. The van der Waals surface area contributed by atoms with Gasteiger partial charge in [0.05, 0.1) is 12.2 Å². The minimum absolute atomic E-state index is 0.0491. The molecule has 1 saturated carbocycles. The molecule has 0 unspecified atom stereocenters. The van der Waals surface area contributed by atoms with E-state index < -0.39 is 0 Å². The molecule has 0 atom stereocenters. The van der Waals surface area contributed by atoms with Crippen LogP contribution in [-0.4, -0.2) is 49.7 Å². The van der Waals surface area contributed by atoms with Gasteiger partial charge in [-0.25, -0.2) is 0 Å². The average molecular weight is 285 g/mol. The second kappa shape index (κ2) is 7.28. The lowest BCUT2D eigenvalue weighted by Gasteiger charge is -2.39. The van der Waals surface area contributed by atoms with Gasteiger partial charge in [-0.1, -0.05) is 0 Å². The summed E-state index contributed by atoms with van der Waals surface area (Å²) in [6, 6.07) is 0. The summed E-state index contributed by atoms with van der Waals surface area (Å²) in [5.74, 6) is 0. The zero-order valence-electron chi connectivity index (χ0n) is 11.8. The maximum Gasteiger partial charge on any atom is 0.120 e. The first-order valence-corrected chi connectivity index (χ1v) is 7.66. The van der Waals surface area contributed by atoms with Crippen molar-refractivity contribution in [2.75, 3.05) is 33.9 Å². The zero-order valence-corrected chi connectivity index (χ0v) is 12.6. The maximum atomic E-state index is 5.63. The predicted molar refractivity (Wildman–Crippen MR) is 75.7 cm³/mol. The summed E-state index contributed by atoms with van der Waals surface area (Å²) >= 11 is 1.71. The third kappa shape index (κ3) is 4.21. The number of methoxy groups -OCH3 is 2. The molecule has 108 valence electrons. The normalized spacial score (nSPS) is 17.4. The first kappa shape index (κ1) is 14.8. The van der Waals surface area contributed by atoms with Crippen LogP contribution < -0.4 is 5.32 Å². The van der Waals surface area contributed by atoms with Gasteiger partial charge in [0.1, 0.15) is 10.0 Å². The standard InChI is InChI=1S/C13H23N3O2S/c1-17-9-8-14-7-4-11-15-16-12(19-11)10-13(18-2)5-3-6-13/h14H,3-10H2,1-2H3. The van der Waals surface area contributed by atoms with Gasteiger partial charge in [0.25, 0.3) is 0 Å². The molecule has 1 heterocycles. The lowest BCUT2D eigenvalue weighted by molar-refractivity contribution is -0.0709. The number of nitrogens with one attached hydrogen (secondary N) is 1. The summed E-state index contributed by atoms with van der Waals surface area (Å²) in [6.07, 6.45) is 5.41. The van der Waals surface area contributed by atoms with Crippen LogP contribution in [0.25, 0.3) is 0 Å². The topological polar surface area (TPSA) is 56.3 Å². The fraction of sp³-hybridized carbons (Fsp3) is 0.846. The Bertz CT molecular complexity index is 374. The van der Waals surface area contributed by atoms with Crippen LogP contribution in [0.15, 0.2) is 0 Å². The van der Waals surface area contributed by atoms with Crippen LogP contribution in [0.1, 0.15) is 29.3 Å². The van der Waals surface area contributed by atoms with Crippen molar-refractivity contribution in [1.82, 2.24) is 15.5 Å². The minimum atomic E-state index is 0.0491. The molecule has 1 fully saturated rings. The van der Waals surface area contributed by atoms with Crippen LogP contribution in [-0.2, 0) is 22.3 Å². The first-order chi connectivity index (χ1) is 9.28. The number of rotatable bonds is 9. The van der Waals surface area contributed by atoms with Crippen molar-refractivity contribution < 1.29 is 9.47 Å². The first-order valence-electron chi connectivity index (χ1n) is 6.84. The molecule has 5 nitrogen and oxygen atoms in total. The lowest BCUT2D eigenvalue weighted by atomic mass is 9.78. The highest BCUT2D eigenvalue weighted by atomic mass is 32.1. The third-order valence-electron chi connectivity index (χ3n) is 3.68. The number of aromatic nitrogens is 2. The van der Waals surface area contributed by atoms with E-state index in [4.69, 9.17) is 9.47 Å². The Hall–Kier alpha value is -0.560. The number of nitrogens with zero attached hydrogens (tertiary/aromatic N) is 2. The quantitative estimate of drug-likeness (QED) is 0.696. The van der Waals surface area contributed by atoms with Gasteiger partial charge in [-0.3, -0.25) is 0 Å². The van der Waals surface area contributed by atoms with E-state index in [1.807, 2.05) is 0 Å². The Balaban J connectivity index is 1.72. The minimum Gasteiger partial charge on any atom is -0.383 e. The SMILES string of the molecule is COCCNCCc1nnc(CC2(OC)CCC2)s1. The van der Waals surface area contributed by atoms with Crippen LogP contribution in [0.3, 0.4) is 0 Å². The molecular formula is C13H23N3O2S. The van der Waals surface area contributed by atoms with Crippen LogP contribution in [0.2, 0.25) is 0 Å². The monoisotopic (exact) mass is 285 g/mol. The van der Waals surface area contributed by atoms with Gasteiger partial charge >= 0.3 is 0 Å². The van der Waals surface area contributed by atoms with Crippen molar-refractivity contribution in [2.24, 2.45) is 0 Å². The molecular weight excluding hydrogens is 262 g/mol. The van der Waals surface area contributed by atoms with Gasteiger partial charge < -0.3 is 14.8 Å². The molecule has 1 N–H and O–H groups in total. The summed E-state index contributed by atoms with van der Waals surface area (Å²) in [4.78, 5) is 0. The molecule has 0 amide bonds. The van der Waals surface area contributed by atoms with E-state index >= 15 is 0 Å². The summed E-state index contributed by atoms with van der Waals surface area (Å²) in [6.45, 7) is 2.56. The van der Waals surface area contributed by atoms with Gasteiger partial charge in [0.15, 0.2) is 0 Å². The van der Waals surface area contributed by atoms with E-state index in [-0.39, 0.29) is 5.60 Å². The molecule has 1 aromatic heterocycles. The Morgan fingerprint density at radius 3 is 2.63 bits per heavy atom. The lowest BCUT2D eigenvalue weighted by Crippen LogP contribution is -2.41. The summed E-state index contributed by atoms with van der Waals surface area (Å²) in [7, 11) is 3.52. The van der Waals surface area contributed by atoms with Gasteiger partial charge in [-0.15, -0.1) is 21.5 Å². The van der Waals surface area contributed by atoms with E-state index in [9.17, 15) is 0 Å². The smallest absolute Gasteiger partial charge is 0.120 e. The number of hydrogen-bond donors (Lipinski definition) is 1. The van der Waals surface area contributed by atoms with Gasteiger partial charge in [-0.2, -0.15) is 0 Å². The summed E-state index contributed by atoms with van der Waals surface area (Å²) in [5.41, 5.74) is 0.0491. The van der Waals surface area contributed by atoms with Crippen molar-refractivity contribution in [3.63, 3.8) is 0 Å². The van der Waals surface area contributed by atoms with Gasteiger partial charge in [0, 0.05) is 40.2 Å². The molecule has 1 aliphatic rings. The van der Waals surface area contributed by atoms with Crippen LogP contribution in [0.4, 0.5) is 0 Å². The Morgan fingerprint density at radius 2 is 2.00 bits per heavy atom. The second-order valence-corrected chi connectivity index (χ2v) is 6.15. The van der Waals surface area contributed by atoms with Crippen molar-refractivity contribution in [3.8, 4) is 0 Å². The van der Waals surface area contributed by atoms with E-state index in [1.54, 1.807) is 25.6 Å². The molecule has 1 aromatic rings. The molecule has 1 aliphatic carbocycles. The molecule has 0 aliphatic heterocycles. The van der Waals surface area contributed by atoms with E-state index in [1.165, 1.54) is 6.42 Å². The Kier molecular flexibility index (Phi) is 5.69. The molecule has 0 aromatic carbocycles. The molecule has 6 heteroatoms. The zero-order chi connectivity index (χ0) is 13.6. The second-order valence-electron chi connectivity index (χ2n) is 5.00. The highest BCUT2D eigenvalue weighted by molar-refractivity contribution is 7.11. The Labute approximate surface area is 118 Å². The summed E-state index contributed by atoms with van der Waals surface area (Å²) in [5, 5.41) is 14.1. The van der Waals surface area contributed by atoms with E-state index in [0.29, 0.717) is 0 Å². The highest BCUT2D eigenvalue weighted by Crippen LogP contribution is 2.38. The molecule has 0 radical (unpaired) electrons. The van der Waals surface area contributed by atoms with Gasteiger partial charge in [-0.05, 0) is 19.3 Å². The molecule has 0 bridgehead atoms. The fourth-order valence-electron chi connectivity index (χ4n) is 2.26. The molecule has 19 heavy (non-hydrogen) atoms. The van der Waals surface area contributed by atoms with Crippen molar-refractivity contribution in [1.29, 1.82) is 0 Å².